The first kappa shape index (κ1) is 11.9. The summed E-state index contributed by atoms with van der Waals surface area (Å²) in [7, 11) is 0. The van der Waals surface area contributed by atoms with Crippen molar-refractivity contribution < 1.29 is 0 Å². The summed E-state index contributed by atoms with van der Waals surface area (Å²) in [6.45, 7) is 10.3. The maximum atomic E-state index is 3.81. The van der Waals surface area contributed by atoms with E-state index >= 15 is 0 Å². The fourth-order valence-electron chi connectivity index (χ4n) is 1.56. The van der Waals surface area contributed by atoms with Crippen molar-refractivity contribution >= 4 is 6.08 Å². The van der Waals surface area contributed by atoms with Crippen molar-refractivity contribution in [1.29, 1.82) is 0 Å². The summed E-state index contributed by atoms with van der Waals surface area (Å²) in [6, 6.07) is 4.31. The first-order valence-corrected chi connectivity index (χ1v) is 4.42. The second-order valence-corrected chi connectivity index (χ2v) is 3.13. The number of hydrogen-bond donors (Lipinski definition) is 1. The van der Waals surface area contributed by atoms with E-state index in [1.54, 1.807) is 0 Å². The van der Waals surface area contributed by atoms with Crippen molar-refractivity contribution in [1.82, 2.24) is 6.15 Å². The van der Waals surface area contributed by atoms with Crippen LogP contribution < -0.4 is 6.15 Å². The summed E-state index contributed by atoms with van der Waals surface area (Å²) >= 11 is 0. The van der Waals surface area contributed by atoms with E-state index < -0.39 is 0 Å². The molecule has 3 N–H and O–H groups in total. The van der Waals surface area contributed by atoms with E-state index in [1.807, 2.05) is 6.08 Å². The molecule has 0 aliphatic rings. The minimum atomic E-state index is 0. The Labute approximate surface area is 81.1 Å². The highest BCUT2D eigenvalue weighted by Gasteiger charge is 2.02. The summed E-state index contributed by atoms with van der Waals surface area (Å²) < 4.78 is 0. The normalized spacial score (nSPS) is 9.15. The highest BCUT2D eigenvalue weighted by molar-refractivity contribution is 5.55. The Balaban J connectivity index is 0.00000144. The Kier molecular flexibility index (Phi) is 4.43. The molecule has 0 amide bonds. The van der Waals surface area contributed by atoms with E-state index in [2.05, 4.69) is 39.5 Å². The highest BCUT2D eigenvalue weighted by Crippen LogP contribution is 2.19. The lowest BCUT2D eigenvalue weighted by Gasteiger charge is -2.09. The Morgan fingerprint density at radius 1 is 1.31 bits per heavy atom. The van der Waals surface area contributed by atoms with Crippen LogP contribution in [-0.4, -0.2) is 0 Å². The predicted molar refractivity (Wildman–Crippen MR) is 60.4 cm³/mol. The lowest BCUT2D eigenvalue weighted by atomic mass is 9.96. The maximum Gasteiger partial charge on any atom is -0.0228 e. The van der Waals surface area contributed by atoms with Gasteiger partial charge in [0.15, 0.2) is 0 Å². The van der Waals surface area contributed by atoms with Gasteiger partial charge in [0, 0.05) is 0 Å². The topological polar surface area (TPSA) is 35.0 Å². The third-order valence-electron chi connectivity index (χ3n) is 2.48. The zero-order valence-electron chi connectivity index (χ0n) is 8.85. The van der Waals surface area contributed by atoms with Gasteiger partial charge in [-0.15, -0.1) is 0 Å². The van der Waals surface area contributed by atoms with Crippen LogP contribution in [-0.2, 0) is 6.42 Å². The van der Waals surface area contributed by atoms with Gasteiger partial charge in [-0.1, -0.05) is 31.7 Å². The Hall–Kier alpha value is -1.08. The van der Waals surface area contributed by atoms with Crippen LogP contribution in [0.3, 0.4) is 0 Å². The first-order chi connectivity index (χ1) is 5.70. The van der Waals surface area contributed by atoms with E-state index in [4.69, 9.17) is 0 Å². The first-order valence-electron chi connectivity index (χ1n) is 4.42. The smallest absolute Gasteiger partial charge is 0.0228 e. The molecule has 1 rings (SSSR count). The SMILES string of the molecule is C=Cc1ccc(C)c(C)c1CC.N. The summed E-state index contributed by atoms with van der Waals surface area (Å²) in [5.41, 5.74) is 5.50. The lowest BCUT2D eigenvalue weighted by molar-refractivity contribution is 1.09. The van der Waals surface area contributed by atoms with Crippen LogP contribution in [0.2, 0.25) is 0 Å². The number of aryl methyl sites for hydroxylation is 1. The molecule has 0 aliphatic carbocycles. The molecule has 1 nitrogen and oxygen atoms in total. The molecule has 0 aromatic heterocycles. The second kappa shape index (κ2) is 4.83. The Bertz CT molecular complexity index is 300. The molecule has 0 bridgehead atoms. The van der Waals surface area contributed by atoms with Crippen LogP contribution in [0.4, 0.5) is 0 Å². The zero-order chi connectivity index (χ0) is 9.14. The summed E-state index contributed by atoms with van der Waals surface area (Å²) in [4.78, 5) is 0. The zero-order valence-corrected chi connectivity index (χ0v) is 8.85. The monoisotopic (exact) mass is 177 g/mol. The van der Waals surface area contributed by atoms with Crippen LogP contribution in [0.25, 0.3) is 6.08 Å². The highest BCUT2D eigenvalue weighted by atomic mass is 14.1. The molecular formula is C12H19N. The van der Waals surface area contributed by atoms with Crippen LogP contribution >= 0.6 is 0 Å². The molecule has 0 saturated carbocycles. The van der Waals surface area contributed by atoms with Crippen molar-refractivity contribution in [2.24, 2.45) is 0 Å². The quantitative estimate of drug-likeness (QED) is 0.735. The molecular weight excluding hydrogens is 158 g/mol. The van der Waals surface area contributed by atoms with Gasteiger partial charge in [-0.25, -0.2) is 0 Å². The Morgan fingerprint density at radius 3 is 2.38 bits per heavy atom. The molecule has 0 atom stereocenters. The molecule has 0 unspecified atom stereocenters. The minimum absolute atomic E-state index is 0. The van der Waals surface area contributed by atoms with Crippen molar-refractivity contribution in [3.05, 3.63) is 41.0 Å². The molecule has 0 aliphatic heterocycles. The van der Waals surface area contributed by atoms with E-state index in [0.717, 1.165) is 6.42 Å². The standard InChI is InChI=1S/C12H16.H3N/c1-5-11-8-7-9(3)10(4)12(11)6-2;/h5,7-8H,1,6H2,2-4H3;1H3. The van der Waals surface area contributed by atoms with Gasteiger partial charge in [-0.05, 0) is 42.5 Å². The van der Waals surface area contributed by atoms with E-state index in [9.17, 15) is 0 Å². The van der Waals surface area contributed by atoms with Gasteiger partial charge in [-0.3, -0.25) is 0 Å². The van der Waals surface area contributed by atoms with Crippen LogP contribution in [0.5, 0.6) is 0 Å². The van der Waals surface area contributed by atoms with E-state index in [1.165, 1.54) is 22.3 Å². The number of hydrogen-bond acceptors (Lipinski definition) is 1. The van der Waals surface area contributed by atoms with Crippen molar-refractivity contribution in [3.63, 3.8) is 0 Å². The molecule has 1 heteroatoms. The van der Waals surface area contributed by atoms with Gasteiger partial charge in [0.25, 0.3) is 0 Å². The van der Waals surface area contributed by atoms with Gasteiger partial charge >= 0.3 is 0 Å². The molecule has 1 aromatic rings. The second-order valence-electron chi connectivity index (χ2n) is 3.13. The fourth-order valence-corrected chi connectivity index (χ4v) is 1.56. The average molecular weight is 177 g/mol. The van der Waals surface area contributed by atoms with Gasteiger partial charge in [0.2, 0.25) is 0 Å². The number of rotatable bonds is 2. The molecule has 0 radical (unpaired) electrons. The van der Waals surface area contributed by atoms with E-state index in [0.29, 0.717) is 0 Å². The van der Waals surface area contributed by atoms with Gasteiger partial charge in [0.1, 0.15) is 0 Å². The molecule has 0 spiro atoms. The van der Waals surface area contributed by atoms with E-state index in [-0.39, 0.29) is 6.15 Å². The van der Waals surface area contributed by atoms with Gasteiger partial charge in [-0.2, -0.15) is 0 Å². The summed E-state index contributed by atoms with van der Waals surface area (Å²) in [6.07, 6.45) is 3.03. The van der Waals surface area contributed by atoms with Gasteiger partial charge < -0.3 is 6.15 Å². The summed E-state index contributed by atoms with van der Waals surface area (Å²) in [5.74, 6) is 0. The third kappa shape index (κ3) is 2.19. The largest absolute Gasteiger partial charge is 0.344 e. The van der Waals surface area contributed by atoms with Crippen molar-refractivity contribution in [2.45, 2.75) is 27.2 Å². The van der Waals surface area contributed by atoms with Crippen LogP contribution in [0.15, 0.2) is 18.7 Å². The lowest BCUT2D eigenvalue weighted by Crippen LogP contribution is -1.93. The summed E-state index contributed by atoms with van der Waals surface area (Å²) in [5, 5.41) is 0. The molecule has 0 heterocycles. The maximum absolute atomic E-state index is 3.81. The predicted octanol–water partition coefficient (Wildman–Crippen LogP) is 3.67. The molecule has 13 heavy (non-hydrogen) atoms. The van der Waals surface area contributed by atoms with Crippen molar-refractivity contribution in [3.8, 4) is 0 Å². The molecule has 72 valence electrons. The van der Waals surface area contributed by atoms with Crippen molar-refractivity contribution in [2.75, 3.05) is 0 Å². The molecule has 0 fully saturated rings. The van der Waals surface area contributed by atoms with Crippen LogP contribution in [0.1, 0.15) is 29.2 Å². The number of benzene rings is 1. The van der Waals surface area contributed by atoms with Gasteiger partial charge in [0.05, 0.1) is 0 Å². The minimum Gasteiger partial charge on any atom is -0.344 e. The van der Waals surface area contributed by atoms with Crippen LogP contribution in [0, 0.1) is 13.8 Å². The molecule has 1 aromatic carbocycles. The third-order valence-corrected chi connectivity index (χ3v) is 2.48. The Morgan fingerprint density at radius 2 is 1.92 bits per heavy atom. The fraction of sp³-hybridized carbons (Fsp3) is 0.333. The average Bonchev–Trinajstić information content (AvgIpc) is 2.09. The molecule has 0 saturated heterocycles.